The Morgan fingerprint density at radius 1 is 1.31 bits per heavy atom. The topological polar surface area (TPSA) is 25.8 Å². The summed E-state index contributed by atoms with van der Waals surface area (Å²) in [6, 6.07) is 6.22. The van der Waals surface area contributed by atoms with Gasteiger partial charge in [0.25, 0.3) is 0 Å². The second-order valence-corrected chi connectivity index (χ2v) is 4.73. The van der Waals surface area contributed by atoms with Crippen molar-refractivity contribution >= 4 is 34.3 Å². The molecule has 16 heavy (non-hydrogen) atoms. The number of halogens is 1. The highest BCUT2D eigenvalue weighted by Crippen LogP contribution is 2.24. The Labute approximate surface area is 104 Å². The molecule has 0 atom stereocenters. The van der Waals surface area contributed by atoms with Gasteiger partial charge in [0.1, 0.15) is 5.15 Å². The first-order chi connectivity index (χ1) is 7.74. The molecule has 0 aliphatic carbocycles. The maximum atomic E-state index is 6.15. The standard InChI is InChI=1S/C12H13ClN2S/c1-3-4-8-5-6-10-9(7-8)11(13)15-12(14-10)16-2/h5-7H,3-4H2,1-2H3. The summed E-state index contributed by atoms with van der Waals surface area (Å²) in [6.07, 6.45) is 4.15. The lowest BCUT2D eigenvalue weighted by atomic mass is 10.1. The molecule has 1 aromatic heterocycles. The molecule has 0 bridgehead atoms. The summed E-state index contributed by atoms with van der Waals surface area (Å²) in [5.74, 6) is 0. The Kier molecular flexibility index (Phi) is 3.66. The first-order valence-electron chi connectivity index (χ1n) is 5.24. The average Bonchev–Trinajstić information content (AvgIpc) is 2.30. The molecule has 1 aromatic carbocycles. The lowest BCUT2D eigenvalue weighted by molar-refractivity contribution is 0.922. The third kappa shape index (κ3) is 2.30. The molecule has 1 heterocycles. The van der Waals surface area contributed by atoms with E-state index in [1.54, 1.807) is 0 Å². The summed E-state index contributed by atoms with van der Waals surface area (Å²) >= 11 is 7.65. The zero-order valence-corrected chi connectivity index (χ0v) is 10.9. The second kappa shape index (κ2) is 5.02. The number of benzene rings is 1. The van der Waals surface area contributed by atoms with Crippen molar-refractivity contribution in [3.8, 4) is 0 Å². The third-order valence-corrected chi connectivity index (χ3v) is 3.25. The minimum atomic E-state index is 0.548. The summed E-state index contributed by atoms with van der Waals surface area (Å²) < 4.78 is 0. The molecule has 0 aliphatic rings. The molecular formula is C12H13ClN2S. The van der Waals surface area contributed by atoms with Crippen LogP contribution in [-0.4, -0.2) is 16.2 Å². The lowest BCUT2D eigenvalue weighted by Gasteiger charge is -2.04. The van der Waals surface area contributed by atoms with Gasteiger partial charge in [-0.05, 0) is 30.4 Å². The van der Waals surface area contributed by atoms with Crippen LogP contribution in [0.5, 0.6) is 0 Å². The summed E-state index contributed by atoms with van der Waals surface area (Å²) in [6.45, 7) is 2.17. The van der Waals surface area contributed by atoms with Crippen molar-refractivity contribution in [2.24, 2.45) is 0 Å². The highest BCUT2D eigenvalue weighted by Gasteiger charge is 2.05. The molecule has 0 aliphatic heterocycles. The molecule has 2 rings (SSSR count). The molecule has 0 fully saturated rings. The Hall–Kier alpha value is -0.800. The van der Waals surface area contributed by atoms with Crippen molar-refractivity contribution in [1.29, 1.82) is 0 Å². The van der Waals surface area contributed by atoms with E-state index >= 15 is 0 Å². The van der Waals surface area contributed by atoms with Gasteiger partial charge < -0.3 is 0 Å². The molecule has 0 saturated heterocycles. The fourth-order valence-electron chi connectivity index (χ4n) is 1.65. The van der Waals surface area contributed by atoms with Gasteiger partial charge in [-0.2, -0.15) is 0 Å². The van der Waals surface area contributed by atoms with Gasteiger partial charge in [0.15, 0.2) is 5.16 Å². The Morgan fingerprint density at radius 3 is 2.81 bits per heavy atom. The summed E-state index contributed by atoms with van der Waals surface area (Å²) in [7, 11) is 0. The molecule has 0 saturated carbocycles. The SMILES string of the molecule is CCCc1ccc2nc(SC)nc(Cl)c2c1. The maximum Gasteiger partial charge on any atom is 0.189 e. The summed E-state index contributed by atoms with van der Waals surface area (Å²) in [5.41, 5.74) is 2.21. The van der Waals surface area contributed by atoms with E-state index in [1.807, 2.05) is 12.3 Å². The fraction of sp³-hybridized carbons (Fsp3) is 0.333. The molecule has 2 aromatic rings. The van der Waals surface area contributed by atoms with Crippen LogP contribution in [0.1, 0.15) is 18.9 Å². The Morgan fingerprint density at radius 2 is 2.12 bits per heavy atom. The van der Waals surface area contributed by atoms with Crippen LogP contribution >= 0.6 is 23.4 Å². The normalized spacial score (nSPS) is 10.9. The molecular weight excluding hydrogens is 240 g/mol. The van der Waals surface area contributed by atoms with Crippen molar-refractivity contribution in [3.63, 3.8) is 0 Å². The fourth-order valence-corrected chi connectivity index (χ4v) is 2.31. The molecule has 0 unspecified atom stereocenters. The summed E-state index contributed by atoms with van der Waals surface area (Å²) in [5, 5.41) is 2.22. The number of aromatic nitrogens is 2. The Bertz CT molecular complexity index is 514. The van der Waals surface area contributed by atoms with Crippen LogP contribution in [0.25, 0.3) is 10.9 Å². The monoisotopic (exact) mass is 252 g/mol. The molecule has 0 spiro atoms. The van der Waals surface area contributed by atoms with E-state index in [1.165, 1.54) is 17.3 Å². The van der Waals surface area contributed by atoms with Gasteiger partial charge in [0.2, 0.25) is 0 Å². The van der Waals surface area contributed by atoms with E-state index in [0.29, 0.717) is 5.15 Å². The van der Waals surface area contributed by atoms with Gasteiger partial charge in [-0.3, -0.25) is 0 Å². The highest BCUT2D eigenvalue weighted by atomic mass is 35.5. The van der Waals surface area contributed by atoms with E-state index < -0.39 is 0 Å². The summed E-state index contributed by atoms with van der Waals surface area (Å²) in [4.78, 5) is 8.66. The average molecular weight is 253 g/mol. The number of nitrogens with zero attached hydrogens (tertiary/aromatic N) is 2. The molecule has 0 radical (unpaired) electrons. The van der Waals surface area contributed by atoms with E-state index in [2.05, 4.69) is 29.0 Å². The van der Waals surface area contributed by atoms with Crippen LogP contribution in [-0.2, 0) is 6.42 Å². The smallest absolute Gasteiger partial charge is 0.189 e. The van der Waals surface area contributed by atoms with Gasteiger partial charge in [-0.1, -0.05) is 42.8 Å². The number of hydrogen-bond donors (Lipinski definition) is 0. The number of rotatable bonds is 3. The number of aryl methyl sites for hydroxylation is 1. The van der Waals surface area contributed by atoms with Crippen LogP contribution in [0.2, 0.25) is 5.15 Å². The van der Waals surface area contributed by atoms with E-state index in [4.69, 9.17) is 11.6 Å². The molecule has 2 nitrogen and oxygen atoms in total. The first kappa shape index (κ1) is 11.7. The minimum Gasteiger partial charge on any atom is -0.222 e. The number of fused-ring (bicyclic) bond motifs is 1. The van der Waals surface area contributed by atoms with Crippen molar-refractivity contribution in [1.82, 2.24) is 9.97 Å². The molecule has 4 heteroatoms. The Balaban J connectivity index is 2.56. The quantitative estimate of drug-likeness (QED) is 0.470. The molecule has 0 amide bonds. The zero-order chi connectivity index (χ0) is 11.5. The van der Waals surface area contributed by atoms with Gasteiger partial charge >= 0.3 is 0 Å². The molecule has 84 valence electrons. The predicted octanol–water partition coefficient (Wildman–Crippen LogP) is 3.96. The van der Waals surface area contributed by atoms with Crippen LogP contribution < -0.4 is 0 Å². The number of hydrogen-bond acceptors (Lipinski definition) is 3. The van der Waals surface area contributed by atoms with Crippen molar-refractivity contribution in [2.45, 2.75) is 24.9 Å². The minimum absolute atomic E-state index is 0.548. The lowest BCUT2D eigenvalue weighted by Crippen LogP contribution is -1.91. The van der Waals surface area contributed by atoms with Crippen molar-refractivity contribution in [3.05, 3.63) is 28.9 Å². The van der Waals surface area contributed by atoms with Crippen molar-refractivity contribution in [2.75, 3.05) is 6.26 Å². The van der Waals surface area contributed by atoms with Gasteiger partial charge in [0.05, 0.1) is 5.52 Å². The predicted molar refractivity (Wildman–Crippen MR) is 70.3 cm³/mol. The maximum absolute atomic E-state index is 6.15. The van der Waals surface area contributed by atoms with Gasteiger partial charge in [0, 0.05) is 5.39 Å². The van der Waals surface area contributed by atoms with E-state index in [0.717, 1.165) is 28.9 Å². The van der Waals surface area contributed by atoms with Gasteiger partial charge in [-0.25, -0.2) is 9.97 Å². The third-order valence-electron chi connectivity index (χ3n) is 2.41. The molecule has 0 N–H and O–H groups in total. The van der Waals surface area contributed by atoms with Crippen LogP contribution in [0.15, 0.2) is 23.4 Å². The zero-order valence-electron chi connectivity index (χ0n) is 9.33. The van der Waals surface area contributed by atoms with E-state index in [-0.39, 0.29) is 0 Å². The van der Waals surface area contributed by atoms with Crippen LogP contribution in [0.4, 0.5) is 0 Å². The highest BCUT2D eigenvalue weighted by molar-refractivity contribution is 7.98. The first-order valence-corrected chi connectivity index (χ1v) is 6.85. The van der Waals surface area contributed by atoms with E-state index in [9.17, 15) is 0 Å². The van der Waals surface area contributed by atoms with Crippen LogP contribution in [0.3, 0.4) is 0 Å². The second-order valence-electron chi connectivity index (χ2n) is 3.60. The van der Waals surface area contributed by atoms with Gasteiger partial charge in [-0.15, -0.1) is 0 Å². The largest absolute Gasteiger partial charge is 0.222 e. The van der Waals surface area contributed by atoms with Crippen molar-refractivity contribution < 1.29 is 0 Å². The number of thioether (sulfide) groups is 1. The van der Waals surface area contributed by atoms with Crippen LogP contribution in [0, 0.1) is 0 Å².